The van der Waals surface area contributed by atoms with Gasteiger partial charge in [0.1, 0.15) is 0 Å². The summed E-state index contributed by atoms with van der Waals surface area (Å²) in [5.74, 6) is 0. The fraction of sp³-hybridized carbons (Fsp3) is 0.600. The molecule has 0 aliphatic carbocycles. The molecule has 0 aliphatic rings. The van der Waals surface area contributed by atoms with Gasteiger partial charge in [0.2, 0.25) is 0 Å². The van der Waals surface area contributed by atoms with Crippen LogP contribution in [0.4, 0.5) is 0 Å². The predicted molar refractivity (Wildman–Crippen MR) is 23.8 cm³/mol. The van der Waals surface area contributed by atoms with E-state index in [1.165, 1.54) is 5.57 Å². The average molecular weight is 307 g/mol. The molecule has 0 nitrogen and oxygen atoms in total. The van der Waals surface area contributed by atoms with E-state index in [1.807, 2.05) is 20.8 Å². The van der Waals surface area contributed by atoms with Crippen molar-refractivity contribution in [2.24, 2.45) is 0 Å². The van der Waals surface area contributed by atoms with Gasteiger partial charge in [0.05, 0.1) is 0 Å². The van der Waals surface area contributed by atoms with Gasteiger partial charge in [0, 0.05) is 31.1 Å². The van der Waals surface area contributed by atoms with E-state index in [9.17, 15) is 0 Å². The summed E-state index contributed by atoms with van der Waals surface area (Å²) < 4.78 is 0. The molecule has 0 spiro atoms. The van der Waals surface area contributed by atoms with Gasteiger partial charge in [-0.15, -0.1) is 0 Å². The van der Waals surface area contributed by atoms with Gasteiger partial charge >= 0.3 is 0 Å². The van der Waals surface area contributed by atoms with Crippen molar-refractivity contribution in [3.05, 3.63) is 11.6 Å². The Labute approximate surface area is 63.4 Å². The van der Waals surface area contributed by atoms with Crippen LogP contribution in [0.3, 0.4) is 0 Å². The summed E-state index contributed by atoms with van der Waals surface area (Å²) in [5, 5.41) is 0. The SMILES string of the molecule is C[C-]=C(C)C.[U]. The summed E-state index contributed by atoms with van der Waals surface area (Å²) in [6.45, 7) is 5.97. The number of hydrogen-bond donors (Lipinski definition) is 0. The fourth-order valence-corrected chi connectivity index (χ4v) is 0. The van der Waals surface area contributed by atoms with E-state index in [0.717, 1.165) is 0 Å². The van der Waals surface area contributed by atoms with Gasteiger partial charge in [0.15, 0.2) is 0 Å². The van der Waals surface area contributed by atoms with Gasteiger partial charge in [-0.1, -0.05) is 13.8 Å². The van der Waals surface area contributed by atoms with Crippen LogP contribution >= 0.6 is 0 Å². The predicted octanol–water partition coefficient (Wildman–Crippen LogP) is 1.78. The molecule has 0 fully saturated rings. The van der Waals surface area contributed by atoms with Gasteiger partial charge in [0.25, 0.3) is 0 Å². The third-order valence-electron chi connectivity index (χ3n) is 0.500. The van der Waals surface area contributed by atoms with Crippen LogP contribution in [-0.2, 0) is 0 Å². The largest absolute Gasteiger partial charge is 0.501 e. The van der Waals surface area contributed by atoms with Gasteiger partial charge in [-0.25, -0.2) is 0 Å². The molecule has 0 aromatic heterocycles. The maximum absolute atomic E-state index is 2.94. The molecule has 0 saturated carbocycles. The van der Waals surface area contributed by atoms with Crippen molar-refractivity contribution in [3.63, 3.8) is 0 Å². The van der Waals surface area contributed by atoms with Crippen LogP contribution in [0.1, 0.15) is 20.8 Å². The molecular formula is C5H9U-. The van der Waals surface area contributed by atoms with Crippen LogP contribution in [0.15, 0.2) is 5.57 Å². The Morgan fingerprint density at radius 2 is 1.50 bits per heavy atom. The Kier molecular flexibility index (Phi) is 9.58. The molecule has 0 aliphatic heterocycles. The first-order chi connectivity index (χ1) is 2.27. The number of rotatable bonds is 0. The summed E-state index contributed by atoms with van der Waals surface area (Å²) in [7, 11) is 0. The van der Waals surface area contributed by atoms with Crippen LogP contribution in [0.25, 0.3) is 0 Å². The van der Waals surface area contributed by atoms with E-state index in [0.29, 0.717) is 0 Å². The van der Waals surface area contributed by atoms with Gasteiger partial charge < -0.3 is 6.08 Å². The first-order valence-corrected chi connectivity index (χ1v) is 1.75. The van der Waals surface area contributed by atoms with E-state index in [4.69, 9.17) is 0 Å². The molecule has 0 atom stereocenters. The summed E-state index contributed by atoms with van der Waals surface area (Å²) in [6.07, 6.45) is 2.94. The molecule has 0 aromatic rings. The Morgan fingerprint density at radius 3 is 1.50 bits per heavy atom. The molecule has 1 heteroatoms. The molecule has 34 valence electrons. The van der Waals surface area contributed by atoms with Gasteiger partial charge in [-0.3, -0.25) is 5.57 Å². The molecule has 0 radical (unpaired) electrons. The second-order valence-corrected chi connectivity index (χ2v) is 1.25. The standard InChI is InChI=1S/C5H9.U/c1-4-5(2)3;/h1-3H3;/q-1;. The van der Waals surface area contributed by atoms with Crippen molar-refractivity contribution >= 4 is 0 Å². The van der Waals surface area contributed by atoms with Crippen molar-refractivity contribution in [1.82, 2.24) is 0 Å². The second-order valence-electron chi connectivity index (χ2n) is 1.25. The molecule has 0 saturated heterocycles. The van der Waals surface area contributed by atoms with Crippen LogP contribution < -0.4 is 0 Å². The number of hydrogen-bond acceptors (Lipinski definition) is 0. The normalized spacial score (nSPS) is 5.83. The van der Waals surface area contributed by atoms with Crippen molar-refractivity contribution in [3.8, 4) is 0 Å². The minimum Gasteiger partial charge on any atom is -0.501 e. The molecular weight excluding hydrogens is 298 g/mol. The van der Waals surface area contributed by atoms with E-state index < -0.39 is 0 Å². The van der Waals surface area contributed by atoms with Crippen molar-refractivity contribution in [2.45, 2.75) is 20.8 Å². The Hall–Kier alpha value is 0.792. The molecule has 0 heterocycles. The van der Waals surface area contributed by atoms with E-state index in [2.05, 4.69) is 6.08 Å². The molecule has 0 N–H and O–H groups in total. The topological polar surface area (TPSA) is 0 Å². The molecule has 0 unspecified atom stereocenters. The van der Waals surface area contributed by atoms with Crippen molar-refractivity contribution < 1.29 is 31.1 Å². The molecule has 6 heavy (non-hydrogen) atoms. The van der Waals surface area contributed by atoms with Crippen molar-refractivity contribution in [1.29, 1.82) is 0 Å². The first kappa shape index (κ1) is 9.92. The van der Waals surface area contributed by atoms with E-state index >= 15 is 0 Å². The summed E-state index contributed by atoms with van der Waals surface area (Å²) in [6, 6.07) is 0. The monoisotopic (exact) mass is 307 g/mol. The Bertz CT molecular complexity index is 41.9. The summed E-state index contributed by atoms with van der Waals surface area (Å²) in [4.78, 5) is 0. The average Bonchev–Trinajstić information content (AvgIpc) is 1.38. The van der Waals surface area contributed by atoms with Gasteiger partial charge in [-0.2, -0.15) is 6.92 Å². The zero-order chi connectivity index (χ0) is 4.28. The van der Waals surface area contributed by atoms with E-state index in [-0.39, 0.29) is 31.1 Å². The first-order valence-electron chi connectivity index (χ1n) is 1.75. The summed E-state index contributed by atoms with van der Waals surface area (Å²) >= 11 is 0. The smallest absolute Gasteiger partial charge is 0 e. The second kappa shape index (κ2) is 5.79. The quantitative estimate of drug-likeness (QED) is 0.599. The van der Waals surface area contributed by atoms with Crippen molar-refractivity contribution in [2.75, 3.05) is 0 Å². The Balaban J connectivity index is 0. The third-order valence-corrected chi connectivity index (χ3v) is 0.500. The molecule has 0 bridgehead atoms. The minimum absolute atomic E-state index is 0. The zero-order valence-corrected chi connectivity index (χ0v) is 8.66. The van der Waals surface area contributed by atoms with E-state index in [1.54, 1.807) is 0 Å². The van der Waals surface area contributed by atoms with Crippen LogP contribution in [0.5, 0.6) is 0 Å². The number of allylic oxidation sites excluding steroid dienone is 2. The summed E-state index contributed by atoms with van der Waals surface area (Å²) in [5.41, 5.74) is 1.25. The molecule has 0 rings (SSSR count). The zero-order valence-electron chi connectivity index (χ0n) is 4.50. The van der Waals surface area contributed by atoms with Crippen LogP contribution in [-0.4, -0.2) is 0 Å². The minimum atomic E-state index is 0. The maximum Gasteiger partial charge on any atom is 0 e. The fourth-order valence-electron chi connectivity index (χ4n) is 0. The maximum atomic E-state index is 2.94. The van der Waals surface area contributed by atoms with Gasteiger partial charge in [-0.05, 0) is 0 Å². The molecule has 0 aromatic carbocycles. The Morgan fingerprint density at radius 1 is 1.33 bits per heavy atom. The van der Waals surface area contributed by atoms with Crippen LogP contribution in [0, 0.1) is 37.2 Å². The van der Waals surface area contributed by atoms with Crippen LogP contribution in [0.2, 0.25) is 0 Å². The third kappa shape index (κ3) is 8.84. The molecule has 0 amide bonds.